The summed E-state index contributed by atoms with van der Waals surface area (Å²) in [5.41, 5.74) is 3.42. The summed E-state index contributed by atoms with van der Waals surface area (Å²) in [6, 6.07) is 15.5. The first-order valence-corrected chi connectivity index (χ1v) is 9.00. The van der Waals surface area contributed by atoms with Crippen molar-refractivity contribution in [3.63, 3.8) is 0 Å². The lowest BCUT2D eigenvalue weighted by Gasteiger charge is -2.12. The Morgan fingerprint density at radius 1 is 0.885 bits per heavy atom. The SMILES string of the molecule is Clc1cc(Nc2ncnc3cnccc23)ccc1Nc1ccc(Br)cc1. The first-order valence-electron chi connectivity index (χ1n) is 7.83. The van der Waals surface area contributed by atoms with Gasteiger partial charge in [-0.3, -0.25) is 4.98 Å². The van der Waals surface area contributed by atoms with Gasteiger partial charge in [-0.25, -0.2) is 9.97 Å². The summed E-state index contributed by atoms with van der Waals surface area (Å²) in [6.07, 6.45) is 4.94. The van der Waals surface area contributed by atoms with E-state index < -0.39 is 0 Å². The van der Waals surface area contributed by atoms with E-state index in [1.165, 1.54) is 6.33 Å². The molecule has 2 aromatic carbocycles. The second-order valence-electron chi connectivity index (χ2n) is 5.57. The molecule has 7 heteroatoms. The molecule has 0 saturated carbocycles. The van der Waals surface area contributed by atoms with Crippen molar-refractivity contribution in [2.45, 2.75) is 0 Å². The molecule has 0 bridgehead atoms. The largest absolute Gasteiger partial charge is 0.354 e. The van der Waals surface area contributed by atoms with Crippen LogP contribution in [0.1, 0.15) is 0 Å². The summed E-state index contributed by atoms with van der Waals surface area (Å²) in [7, 11) is 0. The molecular weight excluding hydrogens is 414 g/mol. The summed E-state index contributed by atoms with van der Waals surface area (Å²) in [5.74, 6) is 0.710. The topological polar surface area (TPSA) is 62.7 Å². The van der Waals surface area contributed by atoms with Gasteiger partial charge in [0, 0.05) is 27.4 Å². The highest BCUT2D eigenvalue weighted by Gasteiger charge is 2.07. The number of halogens is 2. The smallest absolute Gasteiger partial charge is 0.141 e. The number of anilines is 4. The molecular formula is C19H13BrClN5. The Hall–Kier alpha value is -2.70. The fraction of sp³-hybridized carbons (Fsp3) is 0. The molecule has 0 atom stereocenters. The summed E-state index contributed by atoms with van der Waals surface area (Å²) >= 11 is 9.87. The molecule has 0 aliphatic carbocycles. The van der Waals surface area contributed by atoms with Crippen molar-refractivity contribution in [3.8, 4) is 0 Å². The highest BCUT2D eigenvalue weighted by molar-refractivity contribution is 9.10. The molecule has 128 valence electrons. The van der Waals surface area contributed by atoms with Crippen LogP contribution >= 0.6 is 27.5 Å². The molecule has 4 rings (SSSR count). The average Bonchev–Trinajstić information content (AvgIpc) is 2.66. The van der Waals surface area contributed by atoms with E-state index in [2.05, 4.69) is 41.5 Å². The molecule has 0 aliphatic rings. The molecule has 0 amide bonds. The number of rotatable bonds is 4. The molecule has 5 nitrogen and oxygen atoms in total. The van der Waals surface area contributed by atoms with Gasteiger partial charge in [0.15, 0.2) is 0 Å². The summed E-state index contributed by atoms with van der Waals surface area (Å²) in [5, 5.41) is 8.10. The molecule has 0 saturated heterocycles. The number of nitrogens with one attached hydrogen (secondary N) is 2. The van der Waals surface area contributed by atoms with E-state index in [0.29, 0.717) is 10.8 Å². The first-order chi connectivity index (χ1) is 12.7. The van der Waals surface area contributed by atoms with Crippen LogP contribution in [0.4, 0.5) is 22.9 Å². The predicted octanol–water partition coefficient (Wildman–Crippen LogP) is 5.93. The van der Waals surface area contributed by atoms with Crippen molar-refractivity contribution in [3.05, 3.63) is 76.7 Å². The normalized spacial score (nSPS) is 10.7. The Morgan fingerprint density at radius 2 is 1.69 bits per heavy atom. The van der Waals surface area contributed by atoms with Crippen LogP contribution in [-0.2, 0) is 0 Å². The van der Waals surface area contributed by atoms with Gasteiger partial charge in [-0.05, 0) is 48.5 Å². The van der Waals surface area contributed by atoms with Crippen LogP contribution < -0.4 is 10.6 Å². The average molecular weight is 427 g/mol. The Morgan fingerprint density at radius 3 is 2.50 bits per heavy atom. The van der Waals surface area contributed by atoms with E-state index in [4.69, 9.17) is 11.6 Å². The van der Waals surface area contributed by atoms with Gasteiger partial charge >= 0.3 is 0 Å². The van der Waals surface area contributed by atoms with Gasteiger partial charge in [-0.15, -0.1) is 0 Å². The maximum absolute atomic E-state index is 6.44. The molecule has 0 spiro atoms. The van der Waals surface area contributed by atoms with Gasteiger partial charge in [-0.1, -0.05) is 27.5 Å². The molecule has 0 fully saturated rings. The number of benzene rings is 2. The molecule has 26 heavy (non-hydrogen) atoms. The Bertz CT molecular complexity index is 1060. The van der Waals surface area contributed by atoms with E-state index in [-0.39, 0.29) is 0 Å². The minimum atomic E-state index is 0.609. The zero-order chi connectivity index (χ0) is 17.9. The molecule has 0 unspecified atom stereocenters. The van der Waals surface area contributed by atoms with Crippen molar-refractivity contribution in [2.24, 2.45) is 0 Å². The van der Waals surface area contributed by atoms with Crippen LogP contribution in [0.15, 0.2) is 71.7 Å². The Balaban J connectivity index is 1.58. The maximum atomic E-state index is 6.44. The number of fused-ring (bicyclic) bond motifs is 1. The van der Waals surface area contributed by atoms with Gasteiger partial charge in [0.05, 0.1) is 22.4 Å². The summed E-state index contributed by atoms with van der Waals surface area (Å²) < 4.78 is 1.03. The fourth-order valence-corrected chi connectivity index (χ4v) is 3.02. The summed E-state index contributed by atoms with van der Waals surface area (Å²) in [4.78, 5) is 12.6. The van der Waals surface area contributed by atoms with Gasteiger partial charge < -0.3 is 10.6 Å². The lowest BCUT2D eigenvalue weighted by atomic mass is 10.2. The summed E-state index contributed by atoms with van der Waals surface area (Å²) in [6.45, 7) is 0. The molecule has 4 aromatic rings. The zero-order valence-electron chi connectivity index (χ0n) is 13.4. The van der Waals surface area contributed by atoms with E-state index in [1.54, 1.807) is 12.4 Å². The van der Waals surface area contributed by atoms with Gasteiger partial charge in [0.2, 0.25) is 0 Å². The number of pyridine rings is 1. The lowest BCUT2D eigenvalue weighted by Crippen LogP contribution is -1.97. The van der Waals surface area contributed by atoms with Crippen LogP contribution in [0.5, 0.6) is 0 Å². The van der Waals surface area contributed by atoms with Crippen LogP contribution in [0.3, 0.4) is 0 Å². The van der Waals surface area contributed by atoms with Gasteiger partial charge in [-0.2, -0.15) is 0 Å². The van der Waals surface area contributed by atoms with E-state index >= 15 is 0 Å². The monoisotopic (exact) mass is 425 g/mol. The number of hydrogen-bond donors (Lipinski definition) is 2. The van der Waals surface area contributed by atoms with Crippen molar-refractivity contribution in [1.82, 2.24) is 15.0 Å². The highest BCUT2D eigenvalue weighted by Crippen LogP contribution is 2.30. The lowest BCUT2D eigenvalue weighted by molar-refractivity contribution is 1.20. The number of aromatic nitrogens is 3. The molecule has 2 N–H and O–H groups in total. The minimum Gasteiger partial charge on any atom is -0.354 e. The Labute approximate surface area is 163 Å². The minimum absolute atomic E-state index is 0.609. The highest BCUT2D eigenvalue weighted by atomic mass is 79.9. The van der Waals surface area contributed by atoms with Gasteiger partial charge in [0.1, 0.15) is 12.1 Å². The third-order valence-corrected chi connectivity index (χ3v) is 4.64. The fourth-order valence-electron chi connectivity index (χ4n) is 2.53. The second kappa shape index (κ2) is 7.27. The van der Waals surface area contributed by atoms with Gasteiger partial charge in [0.25, 0.3) is 0 Å². The van der Waals surface area contributed by atoms with E-state index in [1.807, 2.05) is 48.5 Å². The molecule has 2 heterocycles. The maximum Gasteiger partial charge on any atom is 0.141 e. The van der Waals surface area contributed by atoms with Crippen molar-refractivity contribution < 1.29 is 0 Å². The quantitative estimate of drug-likeness (QED) is 0.423. The molecule has 0 aliphatic heterocycles. The predicted molar refractivity (Wildman–Crippen MR) is 109 cm³/mol. The van der Waals surface area contributed by atoms with E-state index in [9.17, 15) is 0 Å². The van der Waals surface area contributed by atoms with Crippen LogP contribution in [0.25, 0.3) is 10.9 Å². The molecule has 0 radical (unpaired) electrons. The molecule has 2 aromatic heterocycles. The Kier molecular flexibility index (Phi) is 4.69. The van der Waals surface area contributed by atoms with Crippen LogP contribution in [-0.4, -0.2) is 15.0 Å². The van der Waals surface area contributed by atoms with Crippen molar-refractivity contribution in [1.29, 1.82) is 0 Å². The third kappa shape index (κ3) is 3.61. The standard InChI is InChI=1S/C19H13BrClN5/c20-12-1-3-13(4-2-12)25-17-6-5-14(9-16(17)21)26-19-15-7-8-22-10-18(15)23-11-24-19/h1-11,25H,(H,23,24,26). The second-order valence-corrected chi connectivity index (χ2v) is 6.89. The van der Waals surface area contributed by atoms with Crippen LogP contribution in [0.2, 0.25) is 5.02 Å². The third-order valence-electron chi connectivity index (χ3n) is 3.79. The van der Waals surface area contributed by atoms with Crippen LogP contribution in [0, 0.1) is 0 Å². The van der Waals surface area contributed by atoms with E-state index in [0.717, 1.165) is 32.4 Å². The zero-order valence-corrected chi connectivity index (χ0v) is 15.8. The first kappa shape index (κ1) is 16.8. The number of nitrogens with zero attached hydrogens (tertiary/aromatic N) is 3. The number of hydrogen-bond acceptors (Lipinski definition) is 5. The van der Waals surface area contributed by atoms with Crippen molar-refractivity contribution >= 4 is 61.3 Å². The van der Waals surface area contributed by atoms with Crippen molar-refractivity contribution in [2.75, 3.05) is 10.6 Å².